The van der Waals surface area contributed by atoms with Gasteiger partial charge in [0.2, 0.25) is 0 Å². The molecule has 2 aromatic carbocycles. The highest BCUT2D eigenvalue weighted by atomic mass is 16.5. The maximum atomic E-state index is 11.9. The number of hydrogen-bond donors (Lipinski definition) is 1. The number of quaternary nitrogens is 1. The Kier molecular flexibility index (Phi) is 4.11. The lowest BCUT2D eigenvalue weighted by atomic mass is 9.80. The highest BCUT2D eigenvalue weighted by Gasteiger charge is 2.35. The highest BCUT2D eigenvalue weighted by Crippen LogP contribution is 2.41. The van der Waals surface area contributed by atoms with Gasteiger partial charge in [-0.2, -0.15) is 0 Å². The lowest BCUT2D eigenvalue weighted by molar-refractivity contribution is -0.840. The fourth-order valence-corrected chi connectivity index (χ4v) is 3.35. The second-order valence-electron chi connectivity index (χ2n) is 6.77. The molecule has 1 aliphatic rings. The molecule has 120 valence electrons. The minimum absolute atomic E-state index is 0.336. The summed E-state index contributed by atoms with van der Waals surface area (Å²) in [4.78, 5) is 0. The molecule has 1 aliphatic carbocycles. The number of benzene rings is 2. The first-order chi connectivity index (χ1) is 10.9. The van der Waals surface area contributed by atoms with Gasteiger partial charge in [-0.05, 0) is 28.7 Å². The third-order valence-electron chi connectivity index (χ3n) is 4.49. The van der Waals surface area contributed by atoms with Crippen molar-refractivity contribution in [1.29, 1.82) is 0 Å². The molecule has 0 heterocycles. The van der Waals surface area contributed by atoms with E-state index in [9.17, 15) is 10.3 Å². The van der Waals surface area contributed by atoms with Gasteiger partial charge in [-0.25, -0.2) is 0 Å². The Morgan fingerprint density at radius 2 is 1.39 bits per heavy atom. The van der Waals surface area contributed by atoms with Crippen LogP contribution in [0.3, 0.4) is 0 Å². The molecule has 0 amide bonds. The molecule has 0 fully saturated rings. The average molecular weight is 309 g/mol. The Bertz CT molecular complexity index is 679. The molecule has 0 saturated heterocycles. The molecule has 3 rings (SSSR count). The predicted molar refractivity (Wildman–Crippen MR) is 94.4 cm³/mol. The molecule has 0 saturated carbocycles. The van der Waals surface area contributed by atoms with Crippen LogP contribution in [0.1, 0.15) is 35.1 Å². The van der Waals surface area contributed by atoms with Gasteiger partial charge in [0.05, 0.1) is 20.6 Å². The van der Waals surface area contributed by atoms with Crippen LogP contribution in [0.15, 0.2) is 48.5 Å². The van der Waals surface area contributed by atoms with Crippen LogP contribution in [-0.4, -0.2) is 30.4 Å². The summed E-state index contributed by atoms with van der Waals surface area (Å²) in [7, 11) is 3.28. The second kappa shape index (κ2) is 5.93. The van der Waals surface area contributed by atoms with Crippen LogP contribution in [0.5, 0.6) is 0 Å². The Morgan fingerprint density at radius 1 is 0.913 bits per heavy atom. The molecular formula is C20H23NO2. The Hall–Kier alpha value is -1.94. The van der Waals surface area contributed by atoms with Crippen molar-refractivity contribution in [2.75, 3.05) is 20.6 Å². The van der Waals surface area contributed by atoms with E-state index in [-0.39, 0.29) is 4.65 Å². The van der Waals surface area contributed by atoms with Gasteiger partial charge >= 0.3 is 0 Å². The molecule has 0 atom stereocenters. The van der Waals surface area contributed by atoms with E-state index >= 15 is 0 Å². The van der Waals surface area contributed by atoms with E-state index < -0.39 is 5.60 Å². The number of hydrogen-bond acceptors (Lipinski definition) is 2. The van der Waals surface area contributed by atoms with Crippen molar-refractivity contribution in [3.8, 4) is 0 Å². The third-order valence-corrected chi connectivity index (χ3v) is 4.49. The van der Waals surface area contributed by atoms with Gasteiger partial charge in [0, 0.05) is 6.42 Å². The first kappa shape index (κ1) is 15.9. The summed E-state index contributed by atoms with van der Waals surface area (Å²) in [5.74, 6) is 0. The number of nitrogens with zero attached hydrogens (tertiary/aromatic N) is 1. The first-order valence-corrected chi connectivity index (χ1v) is 8.04. The maximum Gasteiger partial charge on any atom is 0.116 e. The van der Waals surface area contributed by atoms with Crippen LogP contribution in [0.4, 0.5) is 0 Å². The van der Waals surface area contributed by atoms with E-state index in [0.717, 1.165) is 22.3 Å². The maximum absolute atomic E-state index is 11.9. The number of hydroxylamine groups is 3. The summed E-state index contributed by atoms with van der Waals surface area (Å²) in [6, 6.07) is 15.9. The van der Waals surface area contributed by atoms with Crippen molar-refractivity contribution in [2.45, 2.75) is 18.4 Å². The number of fused-ring (bicyclic) bond motifs is 2. The first-order valence-electron chi connectivity index (χ1n) is 8.04. The van der Waals surface area contributed by atoms with E-state index in [1.165, 1.54) is 0 Å². The minimum atomic E-state index is -1.06. The van der Waals surface area contributed by atoms with Gasteiger partial charge < -0.3 is 15.0 Å². The van der Waals surface area contributed by atoms with Crippen molar-refractivity contribution in [1.82, 2.24) is 0 Å². The van der Waals surface area contributed by atoms with Gasteiger partial charge in [0.25, 0.3) is 0 Å². The van der Waals surface area contributed by atoms with Crippen molar-refractivity contribution in [3.05, 3.63) is 76.0 Å². The van der Waals surface area contributed by atoms with Crippen LogP contribution in [-0.2, 0) is 5.60 Å². The molecule has 0 radical (unpaired) electrons. The highest BCUT2D eigenvalue weighted by molar-refractivity contribution is 5.77. The molecule has 23 heavy (non-hydrogen) atoms. The number of aliphatic hydroxyl groups is 1. The summed E-state index contributed by atoms with van der Waals surface area (Å²) in [6.07, 6.45) is 5.31. The van der Waals surface area contributed by atoms with Crippen molar-refractivity contribution >= 4 is 12.2 Å². The lowest BCUT2D eigenvalue weighted by Crippen LogP contribution is -2.35. The fraction of sp³-hybridized carbons (Fsp3) is 0.300. The van der Waals surface area contributed by atoms with Gasteiger partial charge in [-0.3, -0.25) is 0 Å². The Balaban J connectivity index is 2.05. The van der Waals surface area contributed by atoms with Gasteiger partial charge in [-0.1, -0.05) is 60.7 Å². The zero-order valence-electron chi connectivity index (χ0n) is 13.7. The van der Waals surface area contributed by atoms with Gasteiger partial charge in [0.15, 0.2) is 0 Å². The monoisotopic (exact) mass is 309 g/mol. The zero-order valence-corrected chi connectivity index (χ0v) is 13.7. The lowest BCUT2D eigenvalue weighted by Gasteiger charge is -2.36. The summed E-state index contributed by atoms with van der Waals surface area (Å²) >= 11 is 0. The molecule has 0 bridgehead atoms. The summed E-state index contributed by atoms with van der Waals surface area (Å²) in [5, 5.41) is 23.5. The van der Waals surface area contributed by atoms with E-state index in [1.54, 1.807) is 14.1 Å². The Morgan fingerprint density at radius 3 is 1.87 bits per heavy atom. The van der Waals surface area contributed by atoms with E-state index in [4.69, 9.17) is 0 Å². The molecule has 1 N–H and O–H groups in total. The largest absolute Gasteiger partial charge is 0.633 e. The zero-order chi connectivity index (χ0) is 16.5. The van der Waals surface area contributed by atoms with Crippen molar-refractivity contribution < 1.29 is 9.75 Å². The molecule has 0 aromatic heterocycles. The van der Waals surface area contributed by atoms with Crippen LogP contribution >= 0.6 is 0 Å². The predicted octanol–water partition coefficient (Wildman–Crippen LogP) is 3.76. The average Bonchev–Trinajstić information content (AvgIpc) is 2.63. The van der Waals surface area contributed by atoms with E-state index in [1.807, 2.05) is 48.5 Å². The van der Waals surface area contributed by atoms with E-state index in [2.05, 4.69) is 12.2 Å². The van der Waals surface area contributed by atoms with Gasteiger partial charge in [0.1, 0.15) is 5.60 Å². The topological polar surface area (TPSA) is 43.3 Å². The van der Waals surface area contributed by atoms with E-state index in [0.29, 0.717) is 19.4 Å². The standard InChI is InChI=1S/C20H23NO2/c1-21(2,23)15-7-14-20(22)18-10-5-3-8-16(18)12-13-17-9-4-6-11-19(17)20/h3-6,8-13,22H,7,14-15H2,1-2H3. The summed E-state index contributed by atoms with van der Waals surface area (Å²) in [6.45, 7) is 0.486. The van der Waals surface area contributed by atoms with Crippen LogP contribution in [0.2, 0.25) is 0 Å². The second-order valence-corrected chi connectivity index (χ2v) is 6.77. The smallest absolute Gasteiger partial charge is 0.116 e. The molecular weight excluding hydrogens is 286 g/mol. The van der Waals surface area contributed by atoms with Crippen molar-refractivity contribution in [2.24, 2.45) is 0 Å². The molecule has 0 aliphatic heterocycles. The van der Waals surface area contributed by atoms with Gasteiger partial charge in [-0.15, -0.1) is 0 Å². The van der Waals surface area contributed by atoms with Crippen LogP contribution in [0, 0.1) is 5.21 Å². The molecule has 2 aromatic rings. The number of rotatable bonds is 4. The molecule has 0 spiro atoms. The molecule has 3 heteroatoms. The fourth-order valence-electron chi connectivity index (χ4n) is 3.35. The van der Waals surface area contributed by atoms with Crippen LogP contribution < -0.4 is 0 Å². The normalized spacial score (nSPS) is 15.7. The van der Waals surface area contributed by atoms with Crippen LogP contribution in [0.25, 0.3) is 12.2 Å². The minimum Gasteiger partial charge on any atom is -0.633 e. The Labute approximate surface area is 137 Å². The summed E-state index contributed by atoms with van der Waals surface area (Å²) < 4.78 is -0.336. The SMILES string of the molecule is C[N+](C)([O-])CCCC1(O)c2ccccc2C=Cc2ccccc21. The van der Waals surface area contributed by atoms with Crippen molar-refractivity contribution in [3.63, 3.8) is 0 Å². The molecule has 3 nitrogen and oxygen atoms in total. The molecule has 0 unspecified atom stereocenters. The third kappa shape index (κ3) is 3.22. The quantitative estimate of drug-likeness (QED) is 0.690. The summed E-state index contributed by atoms with van der Waals surface area (Å²) in [5.41, 5.74) is 2.82.